The molecule has 33 heavy (non-hydrogen) atoms. The minimum Gasteiger partial charge on any atom is -0.395 e. The van der Waals surface area contributed by atoms with Gasteiger partial charge in [-0.1, -0.05) is 54.3 Å². The van der Waals surface area contributed by atoms with E-state index in [1.165, 1.54) is 0 Å². The first-order valence-corrected chi connectivity index (χ1v) is 13.2. The molecule has 2 aromatic carbocycles. The molecular weight excluding hydrogens is 436 g/mol. The van der Waals surface area contributed by atoms with E-state index in [4.69, 9.17) is 0 Å². The fourth-order valence-corrected chi connectivity index (χ4v) is 6.60. The third kappa shape index (κ3) is 5.48. The van der Waals surface area contributed by atoms with Gasteiger partial charge in [0, 0.05) is 36.7 Å². The highest BCUT2D eigenvalue weighted by Crippen LogP contribution is 2.42. The number of aliphatic hydroxyl groups excluding tert-OH is 2. The molecule has 2 aliphatic rings. The summed E-state index contributed by atoms with van der Waals surface area (Å²) in [5.74, 6) is 5.76. The first-order chi connectivity index (χ1) is 15.9. The summed E-state index contributed by atoms with van der Waals surface area (Å²) in [5, 5.41) is 19.5. The third-order valence-corrected chi connectivity index (χ3v) is 8.46. The van der Waals surface area contributed by atoms with Crippen LogP contribution in [0.5, 0.6) is 0 Å². The molecule has 0 aromatic heterocycles. The summed E-state index contributed by atoms with van der Waals surface area (Å²) in [5.41, 5.74) is 2.70. The van der Waals surface area contributed by atoms with Crippen molar-refractivity contribution in [3.8, 4) is 11.8 Å². The third-order valence-electron chi connectivity index (χ3n) is 6.64. The number of aliphatic hydroxyl groups is 2. The average molecular weight is 469 g/mol. The van der Waals surface area contributed by atoms with Crippen LogP contribution in [0.15, 0.2) is 54.6 Å². The van der Waals surface area contributed by atoms with Gasteiger partial charge in [0.05, 0.1) is 12.4 Å². The lowest BCUT2D eigenvalue weighted by Crippen LogP contribution is -2.67. The molecule has 0 radical (unpaired) electrons. The second-order valence-corrected chi connectivity index (χ2v) is 10.9. The Balaban J connectivity index is 1.55. The van der Waals surface area contributed by atoms with E-state index < -0.39 is 16.1 Å². The molecule has 7 heteroatoms. The molecule has 0 aliphatic carbocycles. The number of sulfonamides is 1. The molecule has 0 amide bonds. The maximum Gasteiger partial charge on any atom is 0.218 e. The number of fused-ring (bicyclic) bond motifs is 1. The molecule has 2 saturated heterocycles. The largest absolute Gasteiger partial charge is 0.395 e. The van der Waals surface area contributed by atoms with E-state index in [2.05, 4.69) is 16.7 Å². The van der Waals surface area contributed by atoms with Gasteiger partial charge >= 0.3 is 0 Å². The zero-order chi connectivity index (χ0) is 23.4. The van der Waals surface area contributed by atoms with E-state index in [1.807, 2.05) is 54.6 Å². The SMILES string of the molecule is C[C@@H](O)C#Cc1ccc([C@H]2[C@H](CO)N3CCCCN(S(=O)(=O)Cc4ccccc4)C[C@@H]23)cc1. The molecule has 176 valence electrons. The van der Waals surface area contributed by atoms with E-state index in [9.17, 15) is 18.6 Å². The predicted octanol–water partition coefficient (Wildman–Crippen LogP) is 2.17. The molecular formula is C26H32N2O4S. The topological polar surface area (TPSA) is 81.1 Å². The van der Waals surface area contributed by atoms with Crippen LogP contribution in [0.4, 0.5) is 0 Å². The molecule has 6 nitrogen and oxygen atoms in total. The van der Waals surface area contributed by atoms with Gasteiger partial charge in [-0.05, 0) is 49.6 Å². The Hall–Kier alpha value is -2.21. The summed E-state index contributed by atoms with van der Waals surface area (Å²) < 4.78 is 28.2. The summed E-state index contributed by atoms with van der Waals surface area (Å²) in [6, 6.07) is 17.2. The zero-order valence-corrected chi connectivity index (χ0v) is 19.8. The molecule has 2 heterocycles. The molecule has 0 saturated carbocycles. The molecule has 2 N–H and O–H groups in total. The van der Waals surface area contributed by atoms with Gasteiger partial charge in [-0.3, -0.25) is 4.90 Å². The fourth-order valence-electron chi connectivity index (χ4n) is 5.01. The smallest absolute Gasteiger partial charge is 0.218 e. The molecule has 2 aliphatic heterocycles. The molecule has 0 unspecified atom stereocenters. The number of benzene rings is 2. The van der Waals surface area contributed by atoms with E-state index in [1.54, 1.807) is 11.2 Å². The first kappa shape index (κ1) is 23.9. The normalized spacial score (nSPS) is 25.0. The molecule has 4 rings (SSSR count). The molecule has 0 bridgehead atoms. The maximum atomic E-state index is 13.3. The highest BCUT2D eigenvalue weighted by Gasteiger charge is 2.50. The van der Waals surface area contributed by atoms with Crippen molar-refractivity contribution < 1.29 is 18.6 Å². The van der Waals surface area contributed by atoms with Gasteiger partial charge in [0.2, 0.25) is 10.0 Å². The standard InChI is InChI=1S/C26H32N2O4S/c1-20(30)9-10-21-11-13-23(14-12-21)26-24-17-27(15-5-6-16-28(24)25(26)18-29)33(31,32)19-22-7-3-2-4-8-22/h2-4,7-8,11-14,20,24-26,29-30H,5-6,15-19H2,1H3/t20-,24+,25+,26-/m1/s1. The monoisotopic (exact) mass is 468 g/mol. The van der Waals surface area contributed by atoms with Gasteiger partial charge < -0.3 is 10.2 Å². The number of rotatable bonds is 5. The van der Waals surface area contributed by atoms with Crippen LogP contribution in [0, 0.1) is 11.8 Å². The average Bonchev–Trinajstić information content (AvgIpc) is 2.77. The summed E-state index contributed by atoms with van der Waals surface area (Å²) in [4.78, 5) is 2.27. The highest BCUT2D eigenvalue weighted by atomic mass is 32.2. The Bertz CT molecular complexity index is 1090. The van der Waals surface area contributed by atoms with Crippen molar-refractivity contribution in [1.82, 2.24) is 9.21 Å². The van der Waals surface area contributed by atoms with Crippen molar-refractivity contribution in [1.29, 1.82) is 0 Å². The van der Waals surface area contributed by atoms with Crippen LogP contribution < -0.4 is 0 Å². The van der Waals surface area contributed by atoms with Gasteiger partial charge in [-0.15, -0.1) is 0 Å². The maximum absolute atomic E-state index is 13.3. The lowest BCUT2D eigenvalue weighted by atomic mass is 9.74. The Morgan fingerprint density at radius 2 is 1.76 bits per heavy atom. The Labute approximate surface area is 196 Å². The van der Waals surface area contributed by atoms with Crippen LogP contribution in [0.25, 0.3) is 0 Å². The highest BCUT2D eigenvalue weighted by molar-refractivity contribution is 7.88. The van der Waals surface area contributed by atoms with Crippen molar-refractivity contribution in [2.24, 2.45) is 0 Å². The van der Waals surface area contributed by atoms with Crippen molar-refractivity contribution in [2.45, 2.75) is 49.6 Å². The van der Waals surface area contributed by atoms with E-state index in [-0.39, 0.29) is 30.4 Å². The van der Waals surface area contributed by atoms with Crippen molar-refractivity contribution >= 4 is 10.0 Å². The number of hydrogen-bond acceptors (Lipinski definition) is 5. The van der Waals surface area contributed by atoms with Crippen LogP contribution in [0.3, 0.4) is 0 Å². The van der Waals surface area contributed by atoms with Gasteiger partial charge in [0.1, 0.15) is 6.10 Å². The summed E-state index contributed by atoms with van der Waals surface area (Å²) >= 11 is 0. The summed E-state index contributed by atoms with van der Waals surface area (Å²) in [7, 11) is -3.45. The van der Waals surface area contributed by atoms with Crippen molar-refractivity contribution in [2.75, 3.05) is 26.2 Å². The van der Waals surface area contributed by atoms with E-state index >= 15 is 0 Å². The zero-order valence-electron chi connectivity index (χ0n) is 19.0. The van der Waals surface area contributed by atoms with Crippen molar-refractivity contribution in [3.63, 3.8) is 0 Å². The lowest BCUT2D eigenvalue weighted by Gasteiger charge is -2.57. The molecule has 2 fully saturated rings. The summed E-state index contributed by atoms with van der Waals surface area (Å²) in [6.07, 6.45) is 1.05. The Morgan fingerprint density at radius 3 is 2.42 bits per heavy atom. The molecule has 0 spiro atoms. The minimum absolute atomic E-state index is 0.00526. The second-order valence-electron chi connectivity index (χ2n) is 8.96. The van der Waals surface area contributed by atoms with E-state index in [0.717, 1.165) is 36.1 Å². The fraction of sp³-hybridized carbons (Fsp3) is 0.462. The Morgan fingerprint density at radius 1 is 1.06 bits per heavy atom. The van der Waals surface area contributed by atoms with Crippen LogP contribution in [0.2, 0.25) is 0 Å². The van der Waals surface area contributed by atoms with Gasteiger partial charge in [-0.25, -0.2) is 12.7 Å². The van der Waals surface area contributed by atoms with Crippen LogP contribution in [-0.2, 0) is 15.8 Å². The lowest BCUT2D eigenvalue weighted by molar-refractivity contribution is -0.0554. The van der Waals surface area contributed by atoms with Crippen LogP contribution in [-0.4, -0.2) is 72.3 Å². The van der Waals surface area contributed by atoms with Crippen LogP contribution in [0.1, 0.15) is 42.4 Å². The molecule has 2 aromatic rings. The Kier molecular flexibility index (Phi) is 7.52. The number of hydrogen-bond donors (Lipinski definition) is 2. The predicted molar refractivity (Wildman–Crippen MR) is 129 cm³/mol. The van der Waals surface area contributed by atoms with Gasteiger partial charge in [-0.2, -0.15) is 0 Å². The van der Waals surface area contributed by atoms with E-state index in [0.29, 0.717) is 13.1 Å². The quantitative estimate of drug-likeness (QED) is 0.658. The minimum atomic E-state index is -3.45. The second kappa shape index (κ2) is 10.4. The molecule has 4 atom stereocenters. The van der Waals surface area contributed by atoms with Gasteiger partial charge in [0.15, 0.2) is 0 Å². The summed E-state index contributed by atoms with van der Waals surface area (Å²) in [6.45, 7) is 3.50. The van der Waals surface area contributed by atoms with Gasteiger partial charge in [0.25, 0.3) is 0 Å². The van der Waals surface area contributed by atoms with Crippen LogP contribution >= 0.6 is 0 Å². The number of nitrogens with zero attached hydrogens (tertiary/aromatic N) is 2. The van der Waals surface area contributed by atoms with Crippen molar-refractivity contribution in [3.05, 3.63) is 71.3 Å². The first-order valence-electron chi connectivity index (χ1n) is 11.6.